The van der Waals surface area contributed by atoms with Gasteiger partial charge in [-0.25, -0.2) is 8.42 Å². The number of para-hydroxylation sites is 1. The molecule has 0 N–H and O–H groups in total. The summed E-state index contributed by atoms with van der Waals surface area (Å²) in [5.41, 5.74) is 0.914. The molecule has 0 saturated heterocycles. The number of nitrogens with zero attached hydrogens (tertiary/aromatic N) is 2. The largest absolute Gasteiger partial charge is 0.457 e. The lowest BCUT2D eigenvalue weighted by molar-refractivity contribution is -0.385. The third-order valence-corrected chi connectivity index (χ3v) is 6.30. The Morgan fingerprint density at radius 2 is 1.66 bits per heavy atom. The molecule has 29 heavy (non-hydrogen) atoms. The molecule has 7 nitrogen and oxygen atoms in total. The second-order valence-electron chi connectivity index (χ2n) is 6.53. The number of nitro groups is 1. The monoisotopic (exact) mass is 412 g/mol. The lowest BCUT2D eigenvalue weighted by Gasteiger charge is -2.19. The lowest BCUT2D eigenvalue weighted by Crippen LogP contribution is -2.27. The number of rotatable bonds is 7. The van der Waals surface area contributed by atoms with Crippen LogP contribution in [0, 0.1) is 17.0 Å². The number of ether oxygens (including phenoxy) is 1. The number of aryl methyl sites for hydroxylation is 1. The van der Waals surface area contributed by atoms with Gasteiger partial charge >= 0.3 is 0 Å². The molecule has 3 aromatic carbocycles. The van der Waals surface area contributed by atoms with Gasteiger partial charge < -0.3 is 4.74 Å². The third kappa shape index (κ3) is 4.79. The molecule has 3 rings (SSSR count). The van der Waals surface area contributed by atoms with Crippen LogP contribution in [0.5, 0.6) is 11.5 Å². The van der Waals surface area contributed by atoms with Gasteiger partial charge in [0.1, 0.15) is 11.5 Å². The van der Waals surface area contributed by atoms with Gasteiger partial charge in [-0.15, -0.1) is 0 Å². The van der Waals surface area contributed by atoms with Crippen molar-refractivity contribution in [2.45, 2.75) is 18.4 Å². The molecule has 3 aromatic rings. The first-order valence-electron chi connectivity index (χ1n) is 8.80. The van der Waals surface area contributed by atoms with Crippen LogP contribution >= 0.6 is 0 Å². The molecule has 0 amide bonds. The van der Waals surface area contributed by atoms with Crippen LogP contribution in [0.25, 0.3) is 0 Å². The fourth-order valence-electron chi connectivity index (χ4n) is 2.82. The summed E-state index contributed by atoms with van der Waals surface area (Å²) in [5, 5.41) is 11.0. The van der Waals surface area contributed by atoms with Crippen molar-refractivity contribution in [1.82, 2.24) is 4.31 Å². The van der Waals surface area contributed by atoms with Crippen LogP contribution < -0.4 is 4.74 Å². The summed E-state index contributed by atoms with van der Waals surface area (Å²) in [6.07, 6.45) is 0. The van der Waals surface area contributed by atoms with Crippen molar-refractivity contribution >= 4 is 15.7 Å². The van der Waals surface area contributed by atoms with Crippen LogP contribution in [-0.2, 0) is 16.6 Å². The van der Waals surface area contributed by atoms with Gasteiger partial charge in [-0.2, -0.15) is 4.31 Å². The number of benzene rings is 3. The predicted molar refractivity (Wildman–Crippen MR) is 109 cm³/mol. The van der Waals surface area contributed by atoms with E-state index < -0.39 is 14.9 Å². The molecule has 8 heteroatoms. The van der Waals surface area contributed by atoms with Crippen LogP contribution in [-0.4, -0.2) is 24.7 Å². The minimum atomic E-state index is -3.91. The van der Waals surface area contributed by atoms with Crippen LogP contribution in [0.15, 0.2) is 77.7 Å². The summed E-state index contributed by atoms with van der Waals surface area (Å²) < 4.78 is 32.9. The van der Waals surface area contributed by atoms with E-state index in [1.807, 2.05) is 30.3 Å². The fourth-order valence-corrected chi connectivity index (χ4v) is 4.22. The van der Waals surface area contributed by atoms with E-state index in [-0.39, 0.29) is 17.1 Å². The zero-order chi connectivity index (χ0) is 21.0. The van der Waals surface area contributed by atoms with Gasteiger partial charge in [0, 0.05) is 25.7 Å². The van der Waals surface area contributed by atoms with Crippen molar-refractivity contribution in [3.63, 3.8) is 0 Å². The van der Waals surface area contributed by atoms with E-state index in [9.17, 15) is 18.5 Å². The zero-order valence-corrected chi connectivity index (χ0v) is 16.8. The molecule has 0 heterocycles. The molecule has 0 atom stereocenters. The van der Waals surface area contributed by atoms with Gasteiger partial charge in [0.25, 0.3) is 5.69 Å². The van der Waals surface area contributed by atoms with Gasteiger partial charge in [-0.05, 0) is 42.3 Å². The Labute approximate surface area is 169 Å². The van der Waals surface area contributed by atoms with Crippen molar-refractivity contribution in [3.8, 4) is 11.5 Å². The second kappa shape index (κ2) is 8.42. The highest BCUT2D eigenvalue weighted by molar-refractivity contribution is 7.89. The van der Waals surface area contributed by atoms with E-state index in [0.717, 1.165) is 11.6 Å². The lowest BCUT2D eigenvalue weighted by atomic mass is 10.2. The van der Waals surface area contributed by atoms with E-state index in [0.29, 0.717) is 17.1 Å². The first-order valence-corrected chi connectivity index (χ1v) is 10.2. The van der Waals surface area contributed by atoms with Crippen LogP contribution in [0.4, 0.5) is 5.69 Å². The van der Waals surface area contributed by atoms with Crippen molar-refractivity contribution in [2.75, 3.05) is 7.05 Å². The maximum Gasteiger partial charge on any atom is 0.270 e. The predicted octanol–water partition coefficient (Wildman–Crippen LogP) is 4.52. The highest BCUT2D eigenvalue weighted by atomic mass is 32.2. The standard InChI is InChI=1S/C21H20N2O5S/c1-16-11-12-18(23(24)25)14-21(16)29(26,27)22(2)15-17-7-6-10-20(13-17)28-19-8-4-3-5-9-19/h3-14H,15H2,1-2H3. The van der Waals surface area contributed by atoms with E-state index in [1.54, 1.807) is 31.2 Å². The van der Waals surface area contributed by atoms with E-state index in [4.69, 9.17) is 4.74 Å². The SMILES string of the molecule is Cc1ccc([N+](=O)[O-])cc1S(=O)(=O)N(C)Cc1cccc(Oc2ccccc2)c1. The van der Waals surface area contributed by atoms with Gasteiger partial charge in [0.05, 0.1) is 9.82 Å². The molecule has 0 bridgehead atoms. The van der Waals surface area contributed by atoms with E-state index in [2.05, 4.69) is 0 Å². The average Bonchev–Trinajstić information content (AvgIpc) is 2.69. The molecule has 0 spiro atoms. The smallest absolute Gasteiger partial charge is 0.270 e. The van der Waals surface area contributed by atoms with Crippen molar-refractivity contribution in [1.29, 1.82) is 0 Å². The molecular formula is C21H20N2O5S. The molecule has 150 valence electrons. The Morgan fingerprint density at radius 1 is 0.966 bits per heavy atom. The average molecular weight is 412 g/mol. The normalized spacial score (nSPS) is 11.4. The van der Waals surface area contributed by atoms with Gasteiger partial charge in [-0.1, -0.05) is 36.4 Å². The topological polar surface area (TPSA) is 89.8 Å². The van der Waals surface area contributed by atoms with E-state index in [1.165, 1.54) is 23.5 Å². The van der Waals surface area contributed by atoms with Crippen LogP contribution in [0.1, 0.15) is 11.1 Å². The summed E-state index contributed by atoms with van der Waals surface area (Å²) in [5.74, 6) is 1.27. The van der Waals surface area contributed by atoms with Gasteiger partial charge in [0.15, 0.2) is 0 Å². The highest BCUT2D eigenvalue weighted by Gasteiger charge is 2.25. The first-order chi connectivity index (χ1) is 13.8. The summed E-state index contributed by atoms with van der Waals surface area (Å²) >= 11 is 0. The third-order valence-electron chi connectivity index (χ3n) is 4.35. The second-order valence-corrected chi connectivity index (χ2v) is 8.54. The summed E-state index contributed by atoms with van der Waals surface area (Å²) in [7, 11) is -2.46. The zero-order valence-electron chi connectivity index (χ0n) is 16.0. The van der Waals surface area contributed by atoms with Crippen molar-refractivity contribution in [3.05, 3.63) is 94.0 Å². The maximum absolute atomic E-state index is 13.0. The number of sulfonamides is 1. The molecule has 0 aliphatic carbocycles. The summed E-state index contributed by atoms with van der Waals surface area (Å²) in [6, 6.07) is 20.2. The van der Waals surface area contributed by atoms with Crippen LogP contribution in [0.3, 0.4) is 0 Å². The minimum Gasteiger partial charge on any atom is -0.457 e. The maximum atomic E-state index is 13.0. The molecule has 0 unspecified atom stereocenters. The number of nitro benzene ring substituents is 1. The summed E-state index contributed by atoms with van der Waals surface area (Å²) in [6.45, 7) is 1.70. The van der Waals surface area contributed by atoms with Gasteiger partial charge in [-0.3, -0.25) is 10.1 Å². The fraction of sp³-hybridized carbons (Fsp3) is 0.143. The molecule has 0 saturated carbocycles. The Hall–Kier alpha value is -3.23. The Kier molecular flexibility index (Phi) is 5.95. The quantitative estimate of drug-likeness (QED) is 0.420. The first kappa shape index (κ1) is 20.5. The van der Waals surface area contributed by atoms with E-state index >= 15 is 0 Å². The summed E-state index contributed by atoms with van der Waals surface area (Å²) in [4.78, 5) is 10.3. The molecular weight excluding hydrogens is 392 g/mol. The Morgan fingerprint density at radius 3 is 2.34 bits per heavy atom. The number of non-ortho nitro benzene ring substituents is 1. The van der Waals surface area contributed by atoms with Crippen LogP contribution in [0.2, 0.25) is 0 Å². The van der Waals surface area contributed by atoms with Crippen molar-refractivity contribution in [2.24, 2.45) is 0 Å². The molecule has 0 aliphatic rings. The molecule has 0 radical (unpaired) electrons. The minimum absolute atomic E-state index is 0.0779. The highest BCUT2D eigenvalue weighted by Crippen LogP contribution is 2.26. The molecule has 0 aromatic heterocycles. The van der Waals surface area contributed by atoms with Crippen molar-refractivity contribution < 1.29 is 18.1 Å². The van der Waals surface area contributed by atoms with Gasteiger partial charge in [0.2, 0.25) is 10.0 Å². The Balaban J connectivity index is 1.83. The molecule has 0 aliphatic heterocycles. The number of hydrogen-bond acceptors (Lipinski definition) is 5. The number of hydrogen-bond donors (Lipinski definition) is 0. The Bertz CT molecular complexity index is 1130. The molecule has 0 fully saturated rings.